The van der Waals surface area contributed by atoms with Gasteiger partial charge in [-0.15, -0.1) is 0 Å². The number of hydroxylamine groups is 2. The standard InChI is InChI=1S/C14H19N3O3S/c1-16-11-8-12(20-3)10(15-14(21)17(2)19)7-9(11)5-4-6-13(16)18/h7-8,19H,4-6H2,1-3H3,(H,15,21). The summed E-state index contributed by atoms with van der Waals surface area (Å²) >= 11 is 5.04. The highest BCUT2D eigenvalue weighted by molar-refractivity contribution is 7.80. The maximum absolute atomic E-state index is 11.9. The molecule has 0 aliphatic carbocycles. The first kappa shape index (κ1) is 15.5. The lowest BCUT2D eigenvalue weighted by molar-refractivity contribution is -0.118. The van der Waals surface area contributed by atoms with Crippen molar-refractivity contribution >= 4 is 34.6 Å². The Morgan fingerprint density at radius 3 is 2.81 bits per heavy atom. The molecular formula is C14H19N3O3S. The number of carbonyl (C=O) groups is 1. The van der Waals surface area contributed by atoms with Crippen LogP contribution in [0.25, 0.3) is 0 Å². The van der Waals surface area contributed by atoms with Crippen LogP contribution in [-0.4, -0.2) is 42.5 Å². The van der Waals surface area contributed by atoms with Crippen LogP contribution in [0.4, 0.5) is 11.4 Å². The number of ether oxygens (including phenoxy) is 1. The number of fused-ring (bicyclic) bond motifs is 1. The van der Waals surface area contributed by atoms with Crippen LogP contribution >= 0.6 is 12.2 Å². The summed E-state index contributed by atoms with van der Waals surface area (Å²) in [4.78, 5) is 13.6. The number of amides is 1. The maximum Gasteiger partial charge on any atom is 0.226 e. The van der Waals surface area contributed by atoms with E-state index in [2.05, 4.69) is 5.32 Å². The Bertz CT molecular complexity index is 575. The lowest BCUT2D eigenvalue weighted by Gasteiger charge is -2.21. The number of benzene rings is 1. The third-order valence-electron chi connectivity index (χ3n) is 3.51. The molecule has 2 rings (SSSR count). The molecule has 2 N–H and O–H groups in total. The first-order valence-corrected chi connectivity index (χ1v) is 7.06. The van der Waals surface area contributed by atoms with Crippen LogP contribution in [0, 0.1) is 0 Å². The van der Waals surface area contributed by atoms with Crippen LogP contribution < -0.4 is 15.0 Å². The number of nitrogens with zero attached hydrogens (tertiary/aromatic N) is 2. The van der Waals surface area contributed by atoms with Gasteiger partial charge in [0, 0.05) is 26.6 Å². The number of aryl methyl sites for hydroxylation is 1. The molecule has 0 unspecified atom stereocenters. The third kappa shape index (κ3) is 3.25. The van der Waals surface area contributed by atoms with Gasteiger partial charge in [0.2, 0.25) is 5.91 Å². The molecule has 1 aromatic rings. The van der Waals surface area contributed by atoms with Crippen LogP contribution in [-0.2, 0) is 11.2 Å². The Balaban J connectivity index is 2.42. The van der Waals surface area contributed by atoms with Gasteiger partial charge < -0.3 is 15.0 Å². The number of rotatable bonds is 2. The zero-order chi connectivity index (χ0) is 15.6. The van der Waals surface area contributed by atoms with Crippen molar-refractivity contribution in [2.45, 2.75) is 19.3 Å². The molecule has 114 valence electrons. The Kier molecular flexibility index (Phi) is 4.64. The van der Waals surface area contributed by atoms with Gasteiger partial charge in [-0.05, 0) is 36.7 Å². The van der Waals surface area contributed by atoms with Gasteiger partial charge in [0.25, 0.3) is 0 Å². The summed E-state index contributed by atoms with van der Waals surface area (Å²) < 4.78 is 5.36. The van der Waals surface area contributed by atoms with Gasteiger partial charge in [0.05, 0.1) is 18.5 Å². The van der Waals surface area contributed by atoms with Crippen molar-refractivity contribution in [2.75, 3.05) is 31.4 Å². The fourth-order valence-corrected chi connectivity index (χ4v) is 2.43. The van der Waals surface area contributed by atoms with E-state index >= 15 is 0 Å². The van der Waals surface area contributed by atoms with Crippen molar-refractivity contribution in [2.24, 2.45) is 0 Å². The summed E-state index contributed by atoms with van der Waals surface area (Å²) in [6.45, 7) is 0. The van der Waals surface area contributed by atoms with Crippen molar-refractivity contribution < 1.29 is 14.7 Å². The highest BCUT2D eigenvalue weighted by Gasteiger charge is 2.21. The summed E-state index contributed by atoms with van der Waals surface area (Å²) in [6, 6.07) is 3.74. The molecule has 1 aromatic carbocycles. The molecule has 7 heteroatoms. The van der Waals surface area contributed by atoms with E-state index in [1.54, 1.807) is 19.1 Å². The third-order valence-corrected chi connectivity index (χ3v) is 3.87. The molecule has 0 fully saturated rings. The Morgan fingerprint density at radius 1 is 1.48 bits per heavy atom. The zero-order valence-corrected chi connectivity index (χ0v) is 13.2. The van der Waals surface area contributed by atoms with Crippen LogP contribution in [0.15, 0.2) is 12.1 Å². The maximum atomic E-state index is 11.9. The largest absolute Gasteiger partial charge is 0.494 e. The first-order valence-electron chi connectivity index (χ1n) is 6.65. The van der Waals surface area contributed by atoms with Gasteiger partial charge in [-0.1, -0.05) is 0 Å². The minimum absolute atomic E-state index is 0.0992. The average molecular weight is 309 g/mol. The summed E-state index contributed by atoms with van der Waals surface area (Å²) in [7, 11) is 4.76. The SMILES string of the molecule is COc1cc2c(cc1NC(=S)N(C)O)CCCC(=O)N2C. The molecule has 21 heavy (non-hydrogen) atoms. The molecule has 0 radical (unpaired) electrons. The molecule has 1 heterocycles. The number of anilines is 2. The number of methoxy groups -OCH3 is 1. The number of carbonyl (C=O) groups excluding carboxylic acids is 1. The lowest BCUT2D eigenvalue weighted by atomic mass is 10.1. The summed E-state index contributed by atoms with van der Waals surface area (Å²) in [6.07, 6.45) is 2.16. The molecule has 0 saturated heterocycles. The minimum Gasteiger partial charge on any atom is -0.494 e. The molecule has 0 atom stereocenters. The molecule has 1 amide bonds. The summed E-state index contributed by atoms with van der Waals surface area (Å²) in [5.74, 6) is 0.668. The number of thiocarbonyl (C=S) groups is 1. The van der Waals surface area contributed by atoms with Crippen molar-refractivity contribution in [3.8, 4) is 5.75 Å². The van der Waals surface area contributed by atoms with E-state index in [4.69, 9.17) is 17.0 Å². The quantitative estimate of drug-likeness (QED) is 0.643. The van der Waals surface area contributed by atoms with E-state index < -0.39 is 0 Å². The fraction of sp³-hybridized carbons (Fsp3) is 0.429. The predicted molar refractivity (Wildman–Crippen MR) is 85.1 cm³/mol. The topological polar surface area (TPSA) is 65.0 Å². The van der Waals surface area contributed by atoms with Crippen molar-refractivity contribution in [3.63, 3.8) is 0 Å². The van der Waals surface area contributed by atoms with Gasteiger partial charge in [-0.2, -0.15) is 0 Å². The van der Waals surface area contributed by atoms with Crippen LogP contribution in [0.2, 0.25) is 0 Å². The van der Waals surface area contributed by atoms with E-state index in [1.165, 1.54) is 7.05 Å². The summed E-state index contributed by atoms with van der Waals surface area (Å²) in [5.41, 5.74) is 2.57. The zero-order valence-electron chi connectivity index (χ0n) is 12.3. The van der Waals surface area contributed by atoms with Crippen molar-refractivity contribution in [1.82, 2.24) is 5.06 Å². The molecule has 6 nitrogen and oxygen atoms in total. The van der Waals surface area contributed by atoms with E-state index in [1.807, 2.05) is 12.1 Å². The van der Waals surface area contributed by atoms with Gasteiger partial charge in [0.15, 0.2) is 5.11 Å². The van der Waals surface area contributed by atoms with Crippen LogP contribution in [0.1, 0.15) is 18.4 Å². The number of hydrogen-bond acceptors (Lipinski definition) is 4. The summed E-state index contributed by atoms with van der Waals surface area (Å²) in [5, 5.41) is 13.3. The molecule has 0 spiro atoms. The smallest absolute Gasteiger partial charge is 0.226 e. The molecule has 0 aromatic heterocycles. The predicted octanol–water partition coefficient (Wildman–Crippen LogP) is 2.01. The monoisotopic (exact) mass is 309 g/mol. The van der Waals surface area contributed by atoms with Gasteiger partial charge in [0.1, 0.15) is 5.75 Å². The highest BCUT2D eigenvalue weighted by atomic mass is 32.1. The molecular weight excluding hydrogens is 290 g/mol. The highest BCUT2D eigenvalue weighted by Crippen LogP contribution is 2.36. The lowest BCUT2D eigenvalue weighted by Crippen LogP contribution is -2.28. The number of hydrogen-bond donors (Lipinski definition) is 2. The average Bonchev–Trinajstić information content (AvgIpc) is 2.58. The minimum atomic E-state index is 0.0992. The normalized spacial score (nSPS) is 14.3. The molecule has 1 aliphatic rings. The van der Waals surface area contributed by atoms with Crippen LogP contribution in [0.5, 0.6) is 5.75 Å². The fourth-order valence-electron chi connectivity index (χ4n) is 2.32. The number of nitrogens with one attached hydrogen (secondary N) is 1. The Hall–Kier alpha value is -1.86. The van der Waals surface area contributed by atoms with E-state index in [0.29, 0.717) is 17.9 Å². The second kappa shape index (κ2) is 6.28. The van der Waals surface area contributed by atoms with Gasteiger partial charge in [-0.25, -0.2) is 5.06 Å². The van der Waals surface area contributed by atoms with E-state index in [0.717, 1.165) is 29.2 Å². The van der Waals surface area contributed by atoms with Gasteiger partial charge >= 0.3 is 0 Å². The Morgan fingerprint density at radius 2 is 2.19 bits per heavy atom. The van der Waals surface area contributed by atoms with E-state index in [9.17, 15) is 10.0 Å². The molecule has 0 bridgehead atoms. The molecule has 1 aliphatic heterocycles. The van der Waals surface area contributed by atoms with Gasteiger partial charge in [-0.3, -0.25) is 10.0 Å². The van der Waals surface area contributed by atoms with Crippen molar-refractivity contribution in [1.29, 1.82) is 0 Å². The first-order chi connectivity index (χ1) is 9.93. The van der Waals surface area contributed by atoms with Crippen LogP contribution in [0.3, 0.4) is 0 Å². The second-order valence-corrected chi connectivity index (χ2v) is 5.33. The van der Waals surface area contributed by atoms with E-state index in [-0.39, 0.29) is 11.0 Å². The second-order valence-electron chi connectivity index (χ2n) is 4.94. The Labute approximate surface area is 129 Å². The van der Waals surface area contributed by atoms with Crippen molar-refractivity contribution in [3.05, 3.63) is 17.7 Å². The molecule has 0 saturated carbocycles.